The molecule has 0 aliphatic carbocycles. The molecular formula is C30H52N6. The molecular weight excluding hydrogens is 444 g/mol. The summed E-state index contributed by atoms with van der Waals surface area (Å²) in [4.78, 5) is 2.77. The number of nitrogens with two attached hydrogens (primary N) is 1. The minimum Gasteiger partial charge on any atom is -0.330 e. The second-order valence-corrected chi connectivity index (χ2v) is 11.0. The van der Waals surface area contributed by atoms with Gasteiger partial charge in [-0.1, -0.05) is 62.4 Å². The predicted molar refractivity (Wildman–Crippen MR) is 151 cm³/mol. The van der Waals surface area contributed by atoms with Crippen LogP contribution < -0.4 is 11.1 Å². The molecule has 2 heterocycles. The Bertz CT molecular complexity index is 850. The first-order valence-corrected chi connectivity index (χ1v) is 14.6. The van der Waals surface area contributed by atoms with Gasteiger partial charge in [0.25, 0.3) is 0 Å². The van der Waals surface area contributed by atoms with Crippen LogP contribution in [0.25, 0.3) is 0 Å². The maximum atomic E-state index is 5.60. The third-order valence-electron chi connectivity index (χ3n) is 8.27. The fraction of sp³-hybridized carbons (Fsp3) is 0.733. The van der Waals surface area contributed by atoms with Crippen LogP contribution in [0, 0.1) is 6.92 Å². The van der Waals surface area contributed by atoms with Crippen molar-refractivity contribution < 1.29 is 0 Å². The molecule has 0 radical (unpaired) electrons. The van der Waals surface area contributed by atoms with E-state index in [1.54, 1.807) is 0 Å². The zero-order chi connectivity index (χ0) is 25.8. The Hall–Kier alpha value is -1.76. The first-order chi connectivity index (χ1) is 17.5. The molecule has 2 aromatic rings. The van der Waals surface area contributed by atoms with E-state index in [1.165, 1.54) is 75.6 Å². The van der Waals surface area contributed by atoms with Crippen LogP contribution in [0.1, 0.15) is 114 Å². The molecule has 3 N–H and O–H groups in total. The smallest absolute Gasteiger partial charge is 0.133 e. The molecule has 0 saturated carbocycles. The third-order valence-corrected chi connectivity index (χ3v) is 8.27. The molecule has 6 nitrogen and oxygen atoms in total. The highest BCUT2D eigenvalue weighted by Crippen LogP contribution is 2.32. The number of aryl methyl sites for hydroxylation is 2. The van der Waals surface area contributed by atoms with E-state index in [-0.39, 0.29) is 0 Å². The quantitative estimate of drug-likeness (QED) is 0.264. The summed E-state index contributed by atoms with van der Waals surface area (Å²) in [6.07, 6.45) is 14.8. The van der Waals surface area contributed by atoms with Gasteiger partial charge < -0.3 is 15.6 Å². The molecule has 1 aromatic heterocycles. The van der Waals surface area contributed by atoms with Gasteiger partial charge in [-0.3, -0.25) is 4.90 Å². The standard InChI is InChI=1S/C30H52N6/c1-24-18-19-28(35(24)22-20-29(32-4)27-15-11-10-12-16-27)23-25(2)36-26(3)33-34-30(36)17-13-8-6-5-7-9-14-21-31/h10-12,15-16,24-25,28-29,32H,5-9,13-14,17-23,31H2,1-4H3. The highest BCUT2D eigenvalue weighted by molar-refractivity contribution is 5.18. The molecule has 3 rings (SSSR count). The van der Waals surface area contributed by atoms with Gasteiger partial charge in [0.15, 0.2) is 0 Å². The number of nitrogens with zero attached hydrogens (tertiary/aromatic N) is 4. The van der Waals surface area contributed by atoms with Gasteiger partial charge in [0.1, 0.15) is 11.6 Å². The topological polar surface area (TPSA) is 72.0 Å². The summed E-state index contributed by atoms with van der Waals surface area (Å²) in [5.74, 6) is 2.25. The molecule has 1 aromatic carbocycles. The minimum absolute atomic E-state index is 0.407. The molecule has 0 amide bonds. The van der Waals surface area contributed by atoms with Crippen LogP contribution >= 0.6 is 0 Å². The van der Waals surface area contributed by atoms with Gasteiger partial charge in [-0.15, -0.1) is 10.2 Å². The Balaban J connectivity index is 1.51. The van der Waals surface area contributed by atoms with Crippen molar-refractivity contribution in [3.63, 3.8) is 0 Å². The van der Waals surface area contributed by atoms with Crippen molar-refractivity contribution >= 4 is 0 Å². The zero-order valence-electron chi connectivity index (χ0n) is 23.5. The van der Waals surface area contributed by atoms with E-state index in [0.717, 1.165) is 31.8 Å². The fourth-order valence-electron chi connectivity index (χ4n) is 6.19. The van der Waals surface area contributed by atoms with E-state index < -0.39 is 0 Å². The highest BCUT2D eigenvalue weighted by atomic mass is 15.3. The normalized spacial score (nSPS) is 20.1. The highest BCUT2D eigenvalue weighted by Gasteiger charge is 2.32. The SMILES string of the molecule is CNC(CCN1C(C)CCC1CC(C)n1c(C)nnc1CCCCCCCCCN)c1ccccc1. The second-order valence-electron chi connectivity index (χ2n) is 11.0. The molecule has 6 heteroatoms. The molecule has 0 spiro atoms. The maximum Gasteiger partial charge on any atom is 0.133 e. The summed E-state index contributed by atoms with van der Waals surface area (Å²) in [5.41, 5.74) is 6.98. The summed E-state index contributed by atoms with van der Waals surface area (Å²) in [5, 5.41) is 12.6. The number of hydrogen-bond donors (Lipinski definition) is 2. The van der Waals surface area contributed by atoms with Gasteiger partial charge in [0.2, 0.25) is 0 Å². The van der Waals surface area contributed by atoms with Crippen molar-refractivity contribution in [3.8, 4) is 0 Å². The van der Waals surface area contributed by atoms with Gasteiger partial charge >= 0.3 is 0 Å². The average molecular weight is 497 g/mol. The first kappa shape index (κ1) is 28.8. The molecule has 1 fully saturated rings. The number of likely N-dealkylation sites (tertiary alicyclic amines) is 1. The van der Waals surface area contributed by atoms with E-state index >= 15 is 0 Å². The van der Waals surface area contributed by atoms with Gasteiger partial charge in [-0.05, 0) is 78.5 Å². The average Bonchev–Trinajstić information content (AvgIpc) is 3.43. The van der Waals surface area contributed by atoms with Crippen LogP contribution in [0.4, 0.5) is 0 Å². The Morgan fingerprint density at radius 3 is 2.39 bits per heavy atom. The molecule has 1 aliphatic rings. The number of benzene rings is 1. The molecule has 1 saturated heterocycles. The van der Waals surface area contributed by atoms with Crippen LogP contribution in [0.3, 0.4) is 0 Å². The number of hydrogen-bond acceptors (Lipinski definition) is 5. The van der Waals surface area contributed by atoms with Gasteiger partial charge in [-0.25, -0.2) is 0 Å². The number of aromatic nitrogens is 3. The maximum absolute atomic E-state index is 5.60. The zero-order valence-corrected chi connectivity index (χ0v) is 23.5. The van der Waals surface area contributed by atoms with E-state index in [4.69, 9.17) is 5.73 Å². The summed E-state index contributed by atoms with van der Waals surface area (Å²) in [6, 6.07) is 13.0. The third kappa shape index (κ3) is 8.39. The molecule has 0 bridgehead atoms. The molecule has 1 aliphatic heterocycles. The van der Waals surface area contributed by atoms with Crippen LogP contribution in [0.5, 0.6) is 0 Å². The minimum atomic E-state index is 0.407. The van der Waals surface area contributed by atoms with Crippen LogP contribution in [0.15, 0.2) is 30.3 Å². The second kappa shape index (κ2) is 15.5. The molecule has 36 heavy (non-hydrogen) atoms. The largest absolute Gasteiger partial charge is 0.330 e. The van der Waals surface area contributed by atoms with Gasteiger partial charge in [0, 0.05) is 37.1 Å². The van der Waals surface area contributed by atoms with Crippen LogP contribution in [0.2, 0.25) is 0 Å². The van der Waals surface area contributed by atoms with Crippen molar-refractivity contribution in [2.45, 2.75) is 122 Å². The predicted octanol–water partition coefficient (Wildman–Crippen LogP) is 5.97. The number of nitrogens with one attached hydrogen (secondary N) is 1. The lowest BCUT2D eigenvalue weighted by Gasteiger charge is -2.32. The molecule has 4 unspecified atom stereocenters. The van der Waals surface area contributed by atoms with Crippen molar-refractivity contribution in [3.05, 3.63) is 47.5 Å². The van der Waals surface area contributed by atoms with E-state index in [0.29, 0.717) is 24.2 Å². The van der Waals surface area contributed by atoms with Crippen molar-refractivity contribution in [2.75, 3.05) is 20.1 Å². The van der Waals surface area contributed by atoms with Gasteiger partial charge in [-0.2, -0.15) is 0 Å². The summed E-state index contributed by atoms with van der Waals surface area (Å²) in [6.45, 7) is 8.87. The summed E-state index contributed by atoms with van der Waals surface area (Å²) < 4.78 is 2.43. The van der Waals surface area contributed by atoms with Crippen molar-refractivity contribution in [1.82, 2.24) is 25.0 Å². The van der Waals surface area contributed by atoms with E-state index in [2.05, 4.69) is 83.1 Å². The Morgan fingerprint density at radius 2 is 1.69 bits per heavy atom. The van der Waals surface area contributed by atoms with E-state index in [1.807, 2.05) is 0 Å². The lowest BCUT2D eigenvalue weighted by molar-refractivity contribution is 0.172. The first-order valence-electron chi connectivity index (χ1n) is 14.6. The lowest BCUT2D eigenvalue weighted by atomic mass is 10.0. The summed E-state index contributed by atoms with van der Waals surface area (Å²) in [7, 11) is 2.09. The Morgan fingerprint density at radius 1 is 1.00 bits per heavy atom. The fourth-order valence-corrected chi connectivity index (χ4v) is 6.19. The van der Waals surface area contributed by atoms with Crippen LogP contribution in [-0.4, -0.2) is 51.9 Å². The lowest BCUT2D eigenvalue weighted by Crippen LogP contribution is -2.38. The van der Waals surface area contributed by atoms with E-state index in [9.17, 15) is 0 Å². The Kier molecular flexibility index (Phi) is 12.4. The van der Waals surface area contributed by atoms with Crippen molar-refractivity contribution in [2.24, 2.45) is 5.73 Å². The molecule has 202 valence electrons. The van der Waals surface area contributed by atoms with Crippen LogP contribution in [-0.2, 0) is 6.42 Å². The van der Waals surface area contributed by atoms with Crippen molar-refractivity contribution in [1.29, 1.82) is 0 Å². The summed E-state index contributed by atoms with van der Waals surface area (Å²) >= 11 is 0. The number of unbranched alkanes of at least 4 members (excludes halogenated alkanes) is 6. The number of rotatable bonds is 17. The van der Waals surface area contributed by atoms with Gasteiger partial charge in [0.05, 0.1) is 0 Å². The Labute approximate surface area is 220 Å². The molecule has 4 atom stereocenters. The monoisotopic (exact) mass is 496 g/mol.